The second-order valence-electron chi connectivity index (χ2n) is 9.69. The summed E-state index contributed by atoms with van der Waals surface area (Å²) in [6.45, 7) is 6.78. The van der Waals surface area contributed by atoms with E-state index in [9.17, 15) is 14.4 Å². The molecule has 3 aliphatic carbocycles. The van der Waals surface area contributed by atoms with E-state index >= 15 is 0 Å². The number of carbonyl (C=O) groups is 1. The number of aromatic amines is 1. The number of carboxylic acids is 1. The third kappa shape index (κ3) is 3.70. The summed E-state index contributed by atoms with van der Waals surface area (Å²) < 4.78 is 9.09. The van der Waals surface area contributed by atoms with Gasteiger partial charge in [-0.3, -0.25) is 18.7 Å². The standard InChI is InChI=1S/C23H34N4O5/c1-4-12-26-17-16(18(28)27(13-5-2)21(26)31)24-20(25-17)22-6-9-23(10-7-22,11-8-22)32-14-15(3)19(29)30/h15H,4-14H2,1-3H3,(H,24,25)(H,29,30)/t15-,22?,23?/m1/s1. The van der Waals surface area contributed by atoms with E-state index in [0.29, 0.717) is 30.7 Å². The number of hydrogen-bond acceptors (Lipinski definition) is 5. The Balaban J connectivity index is 1.65. The van der Waals surface area contributed by atoms with Crippen LogP contribution in [-0.2, 0) is 28.0 Å². The van der Waals surface area contributed by atoms with Gasteiger partial charge in [0.05, 0.1) is 18.1 Å². The fraction of sp³-hybridized carbons (Fsp3) is 0.739. The van der Waals surface area contributed by atoms with Crippen LogP contribution in [0.3, 0.4) is 0 Å². The molecule has 32 heavy (non-hydrogen) atoms. The molecule has 2 heterocycles. The van der Waals surface area contributed by atoms with Crippen LogP contribution in [0, 0.1) is 5.92 Å². The fourth-order valence-electron chi connectivity index (χ4n) is 5.36. The van der Waals surface area contributed by atoms with Gasteiger partial charge in [0, 0.05) is 18.5 Å². The van der Waals surface area contributed by atoms with E-state index in [1.165, 1.54) is 4.57 Å². The van der Waals surface area contributed by atoms with Crippen molar-refractivity contribution in [3.05, 3.63) is 26.7 Å². The first-order chi connectivity index (χ1) is 15.3. The zero-order valence-corrected chi connectivity index (χ0v) is 19.3. The van der Waals surface area contributed by atoms with Crippen molar-refractivity contribution in [3.8, 4) is 0 Å². The monoisotopic (exact) mass is 446 g/mol. The molecule has 0 spiro atoms. The third-order valence-corrected chi connectivity index (χ3v) is 7.50. The maximum atomic E-state index is 13.1. The Bertz CT molecular complexity index is 1100. The highest BCUT2D eigenvalue weighted by Gasteiger charge is 2.51. The van der Waals surface area contributed by atoms with Crippen molar-refractivity contribution in [3.63, 3.8) is 0 Å². The van der Waals surface area contributed by atoms with Crippen LogP contribution in [0.5, 0.6) is 0 Å². The molecule has 2 aromatic rings. The molecule has 3 aliphatic rings. The Morgan fingerprint density at radius 2 is 1.69 bits per heavy atom. The van der Waals surface area contributed by atoms with Crippen LogP contribution in [0.25, 0.3) is 11.2 Å². The van der Waals surface area contributed by atoms with Crippen molar-refractivity contribution in [2.45, 2.75) is 96.2 Å². The van der Waals surface area contributed by atoms with E-state index in [1.54, 1.807) is 11.5 Å². The zero-order valence-electron chi connectivity index (χ0n) is 19.3. The second kappa shape index (κ2) is 8.50. The number of aryl methyl sites for hydroxylation is 1. The van der Waals surface area contributed by atoms with Gasteiger partial charge in [-0.25, -0.2) is 9.78 Å². The molecule has 0 unspecified atom stereocenters. The molecule has 1 atom stereocenters. The van der Waals surface area contributed by atoms with Gasteiger partial charge in [0.1, 0.15) is 11.3 Å². The maximum Gasteiger partial charge on any atom is 0.332 e. The summed E-state index contributed by atoms with van der Waals surface area (Å²) in [6.07, 6.45) is 6.64. The number of hydrogen-bond donors (Lipinski definition) is 2. The minimum Gasteiger partial charge on any atom is -0.481 e. The molecule has 0 radical (unpaired) electrons. The zero-order chi connectivity index (χ0) is 23.1. The van der Waals surface area contributed by atoms with E-state index in [-0.39, 0.29) is 28.9 Å². The van der Waals surface area contributed by atoms with Crippen molar-refractivity contribution in [1.82, 2.24) is 19.1 Å². The highest BCUT2D eigenvalue weighted by Crippen LogP contribution is 2.54. The van der Waals surface area contributed by atoms with Crippen LogP contribution < -0.4 is 11.2 Å². The molecule has 3 saturated carbocycles. The molecule has 5 rings (SSSR count). The van der Waals surface area contributed by atoms with Gasteiger partial charge in [0.25, 0.3) is 5.56 Å². The predicted molar refractivity (Wildman–Crippen MR) is 120 cm³/mol. The predicted octanol–water partition coefficient (Wildman–Crippen LogP) is 2.79. The summed E-state index contributed by atoms with van der Waals surface area (Å²) in [5, 5.41) is 9.15. The topological polar surface area (TPSA) is 119 Å². The van der Waals surface area contributed by atoms with Gasteiger partial charge in [-0.2, -0.15) is 0 Å². The number of imidazole rings is 1. The normalized spacial score (nSPS) is 26.0. The number of carboxylic acid groups (broad SMARTS) is 1. The molecular weight excluding hydrogens is 412 g/mol. The minimum absolute atomic E-state index is 0.155. The quantitative estimate of drug-likeness (QED) is 0.611. The number of aliphatic carboxylic acids is 1. The molecule has 0 aliphatic heterocycles. The summed E-state index contributed by atoms with van der Waals surface area (Å²) in [5.74, 6) is -0.555. The smallest absolute Gasteiger partial charge is 0.332 e. The number of rotatable bonds is 9. The Hall–Kier alpha value is -2.42. The Kier molecular flexibility index (Phi) is 6.04. The van der Waals surface area contributed by atoms with Gasteiger partial charge in [0.15, 0.2) is 5.65 Å². The van der Waals surface area contributed by atoms with Crippen molar-refractivity contribution in [1.29, 1.82) is 0 Å². The second-order valence-corrected chi connectivity index (χ2v) is 9.69. The molecule has 9 nitrogen and oxygen atoms in total. The van der Waals surface area contributed by atoms with Gasteiger partial charge in [-0.05, 0) is 58.3 Å². The maximum absolute atomic E-state index is 13.1. The van der Waals surface area contributed by atoms with E-state index in [2.05, 4.69) is 4.98 Å². The Labute approximate surface area is 186 Å². The number of nitrogens with one attached hydrogen (secondary N) is 1. The lowest BCUT2D eigenvalue weighted by Crippen LogP contribution is -2.50. The summed E-state index contributed by atoms with van der Waals surface area (Å²) in [4.78, 5) is 45.3. The molecule has 2 aromatic heterocycles. The van der Waals surface area contributed by atoms with Gasteiger partial charge >= 0.3 is 11.7 Å². The molecule has 9 heteroatoms. The average molecular weight is 447 g/mol. The van der Waals surface area contributed by atoms with E-state index in [1.807, 2.05) is 13.8 Å². The SMILES string of the molecule is CCCn1c(=O)c2[nH]c(C34CCC(OC[C@@H](C)C(=O)O)(CC3)CC4)nc2n(CCC)c1=O. The van der Waals surface area contributed by atoms with Crippen LogP contribution in [0.1, 0.15) is 78.0 Å². The first-order valence-corrected chi connectivity index (χ1v) is 11.9. The number of aromatic nitrogens is 4. The highest BCUT2D eigenvalue weighted by atomic mass is 16.5. The molecule has 176 valence electrons. The van der Waals surface area contributed by atoms with Crippen LogP contribution >= 0.6 is 0 Å². The van der Waals surface area contributed by atoms with Crippen molar-refractivity contribution >= 4 is 17.1 Å². The molecule has 0 amide bonds. The van der Waals surface area contributed by atoms with E-state index in [0.717, 1.165) is 50.8 Å². The minimum atomic E-state index is -0.837. The molecule has 3 fully saturated rings. The first-order valence-electron chi connectivity index (χ1n) is 11.9. The van der Waals surface area contributed by atoms with Crippen LogP contribution in [0.4, 0.5) is 0 Å². The lowest BCUT2D eigenvalue weighted by Gasteiger charge is -2.52. The summed E-state index contributed by atoms with van der Waals surface area (Å²) in [7, 11) is 0. The van der Waals surface area contributed by atoms with Crippen molar-refractivity contribution in [2.24, 2.45) is 5.92 Å². The average Bonchev–Trinajstić information content (AvgIpc) is 3.25. The van der Waals surface area contributed by atoms with Gasteiger partial charge < -0.3 is 14.8 Å². The number of fused-ring (bicyclic) bond motifs is 4. The third-order valence-electron chi connectivity index (χ3n) is 7.50. The number of nitrogens with zero attached hydrogens (tertiary/aromatic N) is 3. The molecule has 2 bridgehead atoms. The lowest BCUT2D eigenvalue weighted by atomic mass is 9.58. The Morgan fingerprint density at radius 3 is 2.25 bits per heavy atom. The van der Waals surface area contributed by atoms with Crippen molar-refractivity contribution in [2.75, 3.05) is 6.61 Å². The summed E-state index contributed by atoms with van der Waals surface area (Å²) in [6, 6.07) is 0. The molecule has 0 saturated heterocycles. The number of ether oxygens (including phenoxy) is 1. The molecule has 0 aromatic carbocycles. The lowest BCUT2D eigenvalue weighted by molar-refractivity contribution is -0.154. The Morgan fingerprint density at radius 1 is 1.09 bits per heavy atom. The van der Waals surface area contributed by atoms with Crippen LogP contribution in [0.15, 0.2) is 9.59 Å². The fourth-order valence-corrected chi connectivity index (χ4v) is 5.36. The van der Waals surface area contributed by atoms with Gasteiger partial charge in [-0.1, -0.05) is 13.8 Å². The first kappa shape index (κ1) is 22.8. The van der Waals surface area contributed by atoms with Crippen LogP contribution in [0.2, 0.25) is 0 Å². The van der Waals surface area contributed by atoms with Gasteiger partial charge in [-0.15, -0.1) is 0 Å². The van der Waals surface area contributed by atoms with Crippen molar-refractivity contribution < 1.29 is 14.6 Å². The summed E-state index contributed by atoms with van der Waals surface area (Å²) in [5.41, 5.74) is -0.0968. The van der Waals surface area contributed by atoms with E-state index in [4.69, 9.17) is 14.8 Å². The molecule has 2 N–H and O–H groups in total. The number of H-pyrrole nitrogens is 1. The summed E-state index contributed by atoms with van der Waals surface area (Å²) >= 11 is 0. The van der Waals surface area contributed by atoms with E-state index < -0.39 is 11.9 Å². The molecular formula is C23H34N4O5. The highest BCUT2D eigenvalue weighted by molar-refractivity contribution is 5.70. The van der Waals surface area contributed by atoms with Crippen LogP contribution in [-0.4, -0.2) is 42.4 Å². The largest absolute Gasteiger partial charge is 0.481 e. The van der Waals surface area contributed by atoms with Gasteiger partial charge in [0.2, 0.25) is 0 Å².